The molecule has 1 aliphatic heterocycles. The number of hydrogen-bond acceptors (Lipinski definition) is 7. The van der Waals surface area contributed by atoms with E-state index in [-0.39, 0.29) is 72.6 Å². The third kappa shape index (κ3) is 7.34. The van der Waals surface area contributed by atoms with Crippen LogP contribution < -0.4 is 0 Å². The van der Waals surface area contributed by atoms with E-state index in [1.54, 1.807) is 0 Å². The summed E-state index contributed by atoms with van der Waals surface area (Å²) in [6.45, 7) is 38.4. The van der Waals surface area contributed by atoms with Crippen LogP contribution in [0, 0.1) is 122 Å². The molecule has 1 saturated heterocycles. The molecule has 1 N–H and O–H groups in total. The molecule has 0 bridgehead atoms. The van der Waals surface area contributed by atoms with Crippen molar-refractivity contribution in [1.82, 2.24) is 0 Å². The van der Waals surface area contributed by atoms with E-state index < -0.39 is 5.41 Å². The molecular formula is C74H93N3O7. The number of rotatable bonds is 0. The first-order chi connectivity index (χ1) is 40.1. The molecule has 10 nitrogen and oxygen atoms in total. The molecular weight excluding hydrogens is 1040 g/mol. The van der Waals surface area contributed by atoms with Crippen molar-refractivity contribution in [3.63, 3.8) is 0 Å². The van der Waals surface area contributed by atoms with Crippen molar-refractivity contribution >= 4 is 23.1 Å². The van der Waals surface area contributed by atoms with Crippen molar-refractivity contribution in [2.75, 3.05) is 13.2 Å². The van der Waals surface area contributed by atoms with Crippen LogP contribution in [0.2, 0.25) is 0 Å². The topological polar surface area (TPSA) is 120 Å². The lowest BCUT2D eigenvalue weighted by molar-refractivity contribution is -0.241. The number of aliphatic hydroxyl groups is 1. The number of ether oxygens (including phenoxy) is 2. The van der Waals surface area contributed by atoms with Gasteiger partial charge in [-0.15, -0.1) is 0 Å². The Bertz CT molecular complexity index is 3200. The van der Waals surface area contributed by atoms with Gasteiger partial charge in [0.15, 0.2) is 23.1 Å². The Morgan fingerprint density at radius 1 is 0.452 bits per heavy atom. The Morgan fingerprint density at radius 2 is 0.845 bits per heavy atom. The Hall–Kier alpha value is -4.53. The van der Waals surface area contributed by atoms with Gasteiger partial charge in [0.05, 0.1) is 39.0 Å². The fraction of sp³-hybridized carbons (Fsp3) is 0.743. The molecule has 10 heteroatoms. The molecule has 10 fully saturated rings. The second-order valence-electron chi connectivity index (χ2n) is 31.8. The summed E-state index contributed by atoms with van der Waals surface area (Å²) in [6, 6.07) is 0. The summed E-state index contributed by atoms with van der Waals surface area (Å²) in [5.41, 5.74) is 3.58. The third-order valence-corrected chi connectivity index (χ3v) is 29.2. The lowest BCUT2D eigenvalue weighted by Gasteiger charge is -2.59. The molecule has 0 amide bonds. The average molecular weight is 1140 g/mol. The van der Waals surface area contributed by atoms with E-state index >= 15 is 0 Å². The number of ketones is 4. The fourth-order valence-electron chi connectivity index (χ4n) is 25.2. The van der Waals surface area contributed by atoms with E-state index in [1.807, 2.05) is 6.08 Å². The van der Waals surface area contributed by atoms with E-state index in [0.717, 1.165) is 180 Å². The number of aliphatic hydroxyl groups excluding tert-OH is 1. The molecule has 15 aliphatic carbocycles. The zero-order valence-electron chi connectivity index (χ0n) is 51.5. The molecule has 9 saturated carbocycles. The second kappa shape index (κ2) is 19.5. The van der Waals surface area contributed by atoms with Gasteiger partial charge < -0.3 is 29.0 Å². The Kier molecular flexibility index (Phi) is 13.3. The monoisotopic (exact) mass is 1140 g/mol. The summed E-state index contributed by atoms with van der Waals surface area (Å²) >= 11 is 0. The highest BCUT2D eigenvalue weighted by Gasteiger charge is 2.69. The van der Waals surface area contributed by atoms with E-state index in [1.165, 1.54) is 23.1 Å². The predicted molar refractivity (Wildman–Crippen MR) is 321 cm³/mol. The van der Waals surface area contributed by atoms with Crippen molar-refractivity contribution in [2.45, 2.75) is 227 Å². The number of carbonyl (C=O) groups excluding carboxylic acids is 4. The lowest BCUT2D eigenvalue weighted by atomic mass is 9.45. The van der Waals surface area contributed by atoms with E-state index in [9.17, 15) is 24.3 Å². The zero-order valence-corrected chi connectivity index (χ0v) is 51.5. The average Bonchev–Trinajstić information content (AvgIpc) is 1.25. The van der Waals surface area contributed by atoms with Crippen molar-refractivity contribution in [1.29, 1.82) is 0 Å². The summed E-state index contributed by atoms with van der Waals surface area (Å²) in [5.74, 6) is 5.18. The van der Waals surface area contributed by atoms with Crippen molar-refractivity contribution in [3.8, 4) is 0 Å². The molecule has 16 atom stereocenters. The Labute approximate surface area is 501 Å². The number of nitrogens with zero attached hydrogens (tertiary/aromatic N) is 3. The number of allylic oxidation sites excluding steroid dienone is 12. The van der Waals surface area contributed by atoms with Crippen molar-refractivity contribution in [3.05, 3.63) is 105 Å². The molecule has 4 spiro atoms. The van der Waals surface area contributed by atoms with Gasteiger partial charge in [-0.25, -0.2) is 14.5 Å². The highest BCUT2D eigenvalue weighted by molar-refractivity contribution is 6.07. The van der Waals surface area contributed by atoms with Crippen LogP contribution in [0.15, 0.2) is 70.3 Å². The second-order valence-corrected chi connectivity index (χ2v) is 31.8. The summed E-state index contributed by atoms with van der Waals surface area (Å²) in [6.07, 6.45) is 41.0. The molecule has 16 rings (SSSR count). The molecule has 1 heterocycles. The molecule has 0 unspecified atom stereocenters. The Morgan fingerprint density at radius 3 is 1.29 bits per heavy atom. The molecule has 0 aromatic heterocycles. The van der Waals surface area contributed by atoms with E-state index in [0.29, 0.717) is 76.1 Å². The van der Waals surface area contributed by atoms with Crippen LogP contribution in [-0.2, 0) is 28.7 Å². The third-order valence-electron chi connectivity index (χ3n) is 29.2. The fourth-order valence-corrected chi connectivity index (χ4v) is 25.2. The first-order valence-corrected chi connectivity index (χ1v) is 33.7. The standard InChI is InChI=1S/C26H33NO3.C24H31NO2.C24H29NO2/c1-23-16-20(27-3)22(28)25(10-4-5-11-25)21(23)7-6-17-18(23)8-12-24(2)19(17)9-13-26(24)29-14-15-30-26;2*1-22-13-10-17-15(16(22)7-9-20(22)26)6-8-19-23(17,2)14-18(25-3)21(27)24(19)11-4-5-12-24/h7,16-19H,4-6,8-15H2,1-2H3;8,14-17,20,26H,4-7,9-13H2,1-2H3;8,14-17H,4-7,9-13H2,1-2H3/t17-,18+,19+,23-,24+;15-,16-,17-,20-,22-,23+;15-,16-,17-,22-,23+/m100/s1. The highest BCUT2D eigenvalue weighted by Crippen LogP contribution is 2.73. The van der Waals surface area contributed by atoms with Gasteiger partial charge in [-0.3, -0.25) is 4.79 Å². The van der Waals surface area contributed by atoms with Crippen LogP contribution in [0.4, 0.5) is 0 Å². The maximum Gasteiger partial charge on any atom is 0.227 e. The number of fused-ring (bicyclic) bond motifs is 19. The van der Waals surface area contributed by atoms with Gasteiger partial charge >= 0.3 is 0 Å². The van der Waals surface area contributed by atoms with Gasteiger partial charge in [-0.1, -0.05) is 133 Å². The quantitative estimate of drug-likeness (QED) is 0.189. The Balaban J connectivity index is 0.000000112. The summed E-state index contributed by atoms with van der Waals surface area (Å²) in [5, 5.41) is 10.6. The molecule has 84 heavy (non-hydrogen) atoms. The largest absolute Gasteiger partial charge is 0.393 e. The van der Waals surface area contributed by atoms with E-state index in [2.05, 4.69) is 86.5 Å². The summed E-state index contributed by atoms with van der Waals surface area (Å²) in [4.78, 5) is 63.6. The molecule has 0 radical (unpaired) electrons. The highest BCUT2D eigenvalue weighted by atomic mass is 16.7. The normalized spacial score (nSPS) is 46.0. The van der Waals surface area contributed by atoms with Crippen LogP contribution in [0.3, 0.4) is 0 Å². The molecule has 446 valence electrons. The predicted octanol–water partition coefficient (Wildman–Crippen LogP) is 15.8. The minimum Gasteiger partial charge on any atom is -0.393 e. The van der Waals surface area contributed by atoms with Crippen LogP contribution in [0.5, 0.6) is 0 Å². The van der Waals surface area contributed by atoms with Crippen LogP contribution >= 0.6 is 0 Å². The smallest absolute Gasteiger partial charge is 0.227 e. The molecule has 0 aromatic rings. The number of hydrogen-bond donors (Lipinski definition) is 1. The van der Waals surface area contributed by atoms with Gasteiger partial charge in [0, 0.05) is 56.2 Å². The minimum absolute atomic E-state index is 0.0603. The van der Waals surface area contributed by atoms with Crippen molar-refractivity contribution < 1.29 is 33.8 Å². The summed E-state index contributed by atoms with van der Waals surface area (Å²) in [7, 11) is 0. The minimum atomic E-state index is -0.402. The first-order valence-electron chi connectivity index (χ1n) is 33.7. The van der Waals surface area contributed by atoms with Crippen LogP contribution in [0.1, 0.15) is 215 Å². The lowest BCUT2D eigenvalue weighted by Crippen LogP contribution is -2.56. The van der Waals surface area contributed by atoms with Crippen molar-refractivity contribution in [2.24, 2.45) is 102 Å². The maximum atomic E-state index is 13.4. The van der Waals surface area contributed by atoms with E-state index in [4.69, 9.17) is 29.2 Å². The number of Topliss-reactive ketones (excluding diaryl/α,β-unsaturated/α-hetero) is 4. The SMILES string of the molecule is [C-]#[N+]C1=C[C@@]2(C)C(=CC[C@@H]3[C@@H]2CC[C@@]2(C)[C@H]3CCC23OCCO3)C2(CCCC2)C1=O.[C-]#[N+]C1=C[C@@]2(C)C(=CC[C@@H]3[C@@H]2CC[C@]2(C)C(=O)CC[C@@H]32)C2(CCCC2)C1=O.[C-]#[N+]C1=C[C@@]2(C)C(=CC[C@H]3[C@@H]4CC[C@H](O)[C@@]4(C)CC[C@@H]32)C2(CCCC2)C1=O. The van der Waals surface area contributed by atoms with Gasteiger partial charge in [-0.05, 0) is 181 Å². The van der Waals surface area contributed by atoms with Crippen LogP contribution in [-0.4, -0.2) is 53.3 Å². The maximum absolute atomic E-state index is 13.4. The first kappa shape index (κ1) is 57.2. The summed E-state index contributed by atoms with van der Waals surface area (Å²) < 4.78 is 12.6. The zero-order chi connectivity index (χ0) is 58.8. The van der Waals surface area contributed by atoms with Gasteiger partial charge in [0.2, 0.25) is 17.1 Å². The van der Waals surface area contributed by atoms with Gasteiger partial charge in [0.25, 0.3) is 0 Å². The molecule has 16 aliphatic rings. The van der Waals surface area contributed by atoms with Gasteiger partial charge in [0.1, 0.15) is 5.78 Å². The molecule has 0 aromatic carbocycles. The van der Waals surface area contributed by atoms with Crippen LogP contribution in [0.25, 0.3) is 14.5 Å². The van der Waals surface area contributed by atoms with Gasteiger partial charge in [-0.2, -0.15) is 0 Å². The number of carbonyl (C=O) groups is 4.